The van der Waals surface area contributed by atoms with Crippen LogP contribution in [0.15, 0.2) is 41.6 Å². The topological polar surface area (TPSA) is 75.9 Å². The zero-order valence-electron chi connectivity index (χ0n) is 18.8. The van der Waals surface area contributed by atoms with Crippen LogP contribution in [0.3, 0.4) is 0 Å². The maximum Gasteiger partial charge on any atom is 0.234 e. The van der Waals surface area contributed by atoms with E-state index in [0.717, 1.165) is 24.3 Å². The van der Waals surface area contributed by atoms with Crippen LogP contribution in [0.4, 0.5) is 11.4 Å². The average Bonchev–Trinajstić information content (AvgIpc) is 3.45. The van der Waals surface area contributed by atoms with E-state index in [1.807, 2.05) is 36.4 Å². The quantitative estimate of drug-likeness (QED) is 0.440. The number of carbonyl (C=O) groups excluding carboxylic acids is 1. The number of nitrogens with one attached hydrogen (secondary N) is 1. The monoisotopic (exact) mass is 504 g/mol. The number of thioether (sulfide) groups is 1. The van der Waals surface area contributed by atoms with Crippen LogP contribution in [-0.2, 0) is 10.2 Å². The van der Waals surface area contributed by atoms with Gasteiger partial charge in [-0.25, -0.2) is 0 Å². The predicted octanol–water partition coefficient (Wildman–Crippen LogP) is 5.60. The predicted molar refractivity (Wildman–Crippen MR) is 135 cm³/mol. The minimum Gasteiger partial charge on any atom is -0.371 e. The van der Waals surface area contributed by atoms with Crippen molar-refractivity contribution < 1.29 is 4.79 Å². The van der Waals surface area contributed by atoms with Crippen LogP contribution in [0, 0.1) is 0 Å². The molecule has 0 bridgehead atoms. The Bertz CT molecular complexity index is 1150. The Balaban J connectivity index is 1.41. The molecule has 1 aliphatic rings. The van der Waals surface area contributed by atoms with E-state index in [1.54, 1.807) is 4.68 Å². The highest BCUT2D eigenvalue weighted by Crippen LogP contribution is 2.31. The van der Waals surface area contributed by atoms with E-state index in [2.05, 4.69) is 46.5 Å². The summed E-state index contributed by atoms with van der Waals surface area (Å²) in [4.78, 5) is 14.9. The lowest BCUT2D eigenvalue weighted by atomic mass is 9.87. The molecule has 1 N–H and O–H groups in total. The first-order valence-electron chi connectivity index (χ1n) is 10.8. The molecule has 0 aliphatic carbocycles. The number of rotatable bonds is 6. The molecule has 2 aromatic carbocycles. The molecule has 174 valence electrons. The number of carbonyl (C=O) groups is 1. The van der Waals surface area contributed by atoms with Gasteiger partial charge in [0.1, 0.15) is 0 Å². The minimum absolute atomic E-state index is 0.0214. The standard InChI is InChI=1S/C23H26Cl2N6OS/c1-23(2,3)15-6-9-20(18(25)12-15)31-22(27-28-29-31)33-14-21(32)26-19-8-7-16(13-17(19)24)30-10-4-5-11-30/h6-9,12-13H,4-5,10-11,14H2,1-3H3,(H,26,32). The van der Waals surface area contributed by atoms with Gasteiger partial charge < -0.3 is 10.2 Å². The second-order valence-electron chi connectivity index (χ2n) is 8.98. The Morgan fingerprint density at radius 2 is 1.85 bits per heavy atom. The van der Waals surface area contributed by atoms with Crippen molar-refractivity contribution in [3.63, 3.8) is 0 Å². The van der Waals surface area contributed by atoms with E-state index in [0.29, 0.717) is 26.6 Å². The smallest absolute Gasteiger partial charge is 0.234 e. The van der Waals surface area contributed by atoms with Gasteiger partial charge in [0.05, 0.1) is 27.2 Å². The molecule has 0 saturated carbocycles. The van der Waals surface area contributed by atoms with Crippen molar-refractivity contribution in [3.8, 4) is 5.69 Å². The number of hydrogen-bond donors (Lipinski definition) is 1. The fraction of sp³-hybridized carbons (Fsp3) is 0.391. The summed E-state index contributed by atoms with van der Waals surface area (Å²) >= 11 is 14.2. The molecule has 0 radical (unpaired) electrons. The average molecular weight is 505 g/mol. The summed E-state index contributed by atoms with van der Waals surface area (Å²) in [7, 11) is 0. The van der Waals surface area contributed by atoms with Crippen molar-refractivity contribution in [2.45, 2.75) is 44.2 Å². The van der Waals surface area contributed by atoms with Crippen molar-refractivity contribution in [2.75, 3.05) is 29.1 Å². The van der Waals surface area contributed by atoms with Gasteiger partial charge in [0.15, 0.2) is 0 Å². The van der Waals surface area contributed by atoms with E-state index in [9.17, 15) is 4.79 Å². The fourth-order valence-corrected chi connectivity index (χ4v) is 4.83. The number of amides is 1. The van der Waals surface area contributed by atoms with Crippen LogP contribution in [0.1, 0.15) is 39.2 Å². The van der Waals surface area contributed by atoms with Crippen LogP contribution in [-0.4, -0.2) is 45.0 Å². The second-order valence-corrected chi connectivity index (χ2v) is 10.7. The van der Waals surface area contributed by atoms with E-state index >= 15 is 0 Å². The lowest BCUT2D eigenvalue weighted by molar-refractivity contribution is -0.113. The number of benzene rings is 2. The Labute approximate surface area is 207 Å². The van der Waals surface area contributed by atoms with Gasteiger partial charge in [-0.15, -0.1) is 5.10 Å². The Kier molecular flexibility index (Phi) is 7.16. The number of tetrazole rings is 1. The highest BCUT2D eigenvalue weighted by Gasteiger charge is 2.19. The van der Waals surface area contributed by atoms with Gasteiger partial charge in [0.25, 0.3) is 0 Å². The molecule has 2 heterocycles. The third kappa shape index (κ3) is 5.62. The van der Waals surface area contributed by atoms with Crippen LogP contribution in [0.2, 0.25) is 10.0 Å². The maximum absolute atomic E-state index is 12.6. The summed E-state index contributed by atoms with van der Waals surface area (Å²) in [5.74, 6) is -0.0676. The molecule has 33 heavy (non-hydrogen) atoms. The molecule has 1 saturated heterocycles. The molecule has 1 amide bonds. The minimum atomic E-state index is -0.195. The van der Waals surface area contributed by atoms with Crippen molar-refractivity contribution >= 4 is 52.2 Å². The van der Waals surface area contributed by atoms with E-state index in [-0.39, 0.29) is 17.1 Å². The molecule has 10 heteroatoms. The van der Waals surface area contributed by atoms with Crippen molar-refractivity contribution in [2.24, 2.45) is 0 Å². The van der Waals surface area contributed by atoms with Crippen LogP contribution >= 0.6 is 35.0 Å². The maximum atomic E-state index is 12.6. The summed E-state index contributed by atoms with van der Waals surface area (Å²) in [6.07, 6.45) is 2.39. The molecular weight excluding hydrogens is 479 g/mol. The zero-order chi connectivity index (χ0) is 23.6. The van der Waals surface area contributed by atoms with Crippen LogP contribution in [0.25, 0.3) is 5.69 Å². The lowest BCUT2D eigenvalue weighted by Crippen LogP contribution is -2.18. The third-order valence-electron chi connectivity index (χ3n) is 5.51. The molecule has 0 unspecified atom stereocenters. The molecule has 1 aliphatic heterocycles. The largest absolute Gasteiger partial charge is 0.371 e. The Morgan fingerprint density at radius 1 is 1.09 bits per heavy atom. The van der Waals surface area contributed by atoms with Crippen LogP contribution in [0.5, 0.6) is 0 Å². The fourth-order valence-electron chi connectivity index (χ4n) is 3.66. The number of nitrogens with zero attached hydrogens (tertiary/aromatic N) is 5. The third-order valence-corrected chi connectivity index (χ3v) is 7.05. The van der Waals surface area contributed by atoms with Gasteiger partial charge in [0.2, 0.25) is 11.1 Å². The number of anilines is 2. The first-order chi connectivity index (χ1) is 15.7. The number of hydrogen-bond acceptors (Lipinski definition) is 6. The summed E-state index contributed by atoms with van der Waals surface area (Å²) < 4.78 is 1.55. The van der Waals surface area contributed by atoms with Gasteiger partial charge in [-0.3, -0.25) is 4.79 Å². The summed E-state index contributed by atoms with van der Waals surface area (Å²) in [5.41, 5.74) is 3.43. The zero-order valence-corrected chi connectivity index (χ0v) is 21.1. The highest BCUT2D eigenvalue weighted by molar-refractivity contribution is 7.99. The highest BCUT2D eigenvalue weighted by atomic mass is 35.5. The molecule has 0 spiro atoms. The Morgan fingerprint density at radius 3 is 2.52 bits per heavy atom. The van der Waals surface area contributed by atoms with Gasteiger partial charge in [0, 0.05) is 18.8 Å². The van der Waals surface area contributed by atoms with Gasteiger partial charge in [-0.1, -0.05) is 61.8 Å². The SMILES string of the molecule is CC(C)(C)c1ccc(-n2nnnc2SCC(=O)Nc2ccc(N3CCCC3)cc2Cl)c(Cl)c1. The summed E-state index contributed by atoms with van der Waals surface area (Å²) in [6, 6.07) is 11.6. The molecular formula is C23H26Cl2N6OS. The number of aromatic nitrogens is 4. The van der Waals surface area contributed by atoms with E-state index in [1.165, 1.54) is 24.6 Å². The lowest BCUT2D eigenvalue weighted by Gasteiger charge is -2.20. The molecule has 4 rings (SSSR count). The second kappa shape index (κ2) is 9.91. The normalized spacial score (nSPS) is 14.0. The number of halogens is 2. The van der Waals surface area contributed by atoms with Crippen molar-refractivity contribution in [3.05, 3.63) is 52.0 Å². The van der Waals surface area contributed by atoms with Crippen molar-refractivity contribution in [1.82, 2.24) is 20.2 Å². The first-order valence-corrected chi connectivity index (χ1v) is 12.5. The van der Waals surface area contributed by atoms with E-state index < -0.39 is 0 Å². The first kappa shape index (κ1) is 23.9. The molecule has 3 aromatic rings. The van der Waals surface area contributed by atoms with Gasteiger partial charge in [-0.2, -0.15) is 4.68 Å². The summed E-state index contributed by atoms with van der Waals surface area (Å²) in [5, 5.41) is 16.3. The van der Waals surface area contributed by atoms with Gasteiger partial charge >= 0.3 is 0 Å². The molecule has 1 aromatic heterocycles. The molecule has 0 atom stereocenters. The van der Waals surface area contributed by atoms with Crippen molar-refractivity contribution in [1.29, 1.82) is 0 Å². The van der Waals surface area contributed by atoms with E-state index in [4.69, 9.17) is 23.2 Å². The Hall–Kier alpha value is -2.29. The molecule has 1 fully saturated rings. The van der Waals surface area contributed by atoms with Gasteiger partial charge in [-0.05, 0) is 64.6 Å². The van der Waals surface area contributed by atoms with Crippen LogP contribution < -0.4 is 10.2 Å². The summed E-state index contributed by atoms with van der Waals surface area (Å²) in [6.45, 7) is 8.46. The molecule has 7 nitrogen and oxygen atoms in total.